The van der Waals surface area contributed by atoms with Crippen LogP contribution in [0.3, 0.4) is 0 Å². The van der Waals surface area contributed by atoms with E-state index >= 15 is 0 Å². The number of rotatable bonds is 2. The highest BCUT2D eigenvalue weighted by molar-refractivity contribution is 9.10. The average Bonchev–Trinajstić information content (AvgIpc) is 2.02. The average molecular weight is 332 g/mol. The van der Waals surface area contributed by atoms with E-state index < -0.39 is 11.7 Å². The molecular weight excluding hydrogens is 325 g/mol. The molecule has 0 spiro atoms. The summed E-state index contributed by atoms with van der Waals surface area (Å²) >= 11 is 6.25. The Labute approximate surface area is 96.8 Å². The maximum atomic E-state index is 12.4. The van der Waals surface area contributed by atoms with Crippen LogP contribution in [0.4, 0.5) is 13.2 Å². The minimum Gasteiger partial charge on any atom is -0.166 e. The summed E-state index contributed by atoms with van der Waals surface area (Å²) in [5, 5.41) is 0.654. The van der Waals surface area contributed by atoms with Crippen LogP contribution in [0.2, 0.25) is 0 Å². The van der Waals surface area contributed by atoms with Crippen LogP contribution in [-0.2, 0) is 12.6 Å². The number of hydrogen-bond donors (Lipinski definition) is 0. The van der Waals surface area contributed by atoms with E-state index in [1.54, 1.807) is 6.07 Å². The topological polar surface area (TPSA) is 0 Å². The Bertz CT molecular complexity index is 320. The minimum atomic E-state index is -4.27. The second-order valence-electron chi connectivity index (χ2n) is 2.78. The molecule has 5 heteroatoms. The van der Waals surface area contributed by atoms with Crippen LogP contribution in [0.25, 0.3) is 0 Å². The van der Waals surface area contributed by atoms with Gasteiger partial charge in [0, 0.05) is 9.80 Å². The third kappa shape index (κ3) is 3.28. The van der Waals surface area contributed by atoms with Gasteiger partial charge in [0.2, 0.25) is 0 Å². The molecule has 14 heavy (non-hydrogen) atoms. The molecule has 0 bridgehead atoms. The van der Waals surface area contributed by atoms with Gasteiger partial charge in [-0.2, -0.15) is 13.2 Å². The van der Waals surface area contributed by atoms with E-state index in [1.807, 2.05) is 0 Å². The predicted molar refractivity (Wildman–Crippen MR) is 56.6 cm³/mol. The Hall–Kier alpha value is -0.0300. The molecule has 0 saturated carbocycles. The first-order valence-corrected chi connectivity index (χ1v) is 5.77. The van der Waals surface area contributed by atoms with Crippen molar-refractivity contribution >= 4 is 31.9 Å². The summed E-state index contributed by atoms with van der Waals surface area (Å²) in [6.07, 6.45) is -3.69. The highest BCUT2D eigenvalue weighted by atomic mass is 79.9. The molecule has 0 fully saturated rings. The SMILES string of the molecule is FC(F)(F)c1cc(Br)cc(CCBr)c1. The highest BCUT2D eigenvalue weighted by Gasteiger charge is 2.30. The van der Waals surface area contributed by atoms with E-state index in [-0.39, 0.29) is 0 Å². The van der Waals surface area contributed by atoms with Crippen LogP contribution in [-0.4, -0.2) is 5.33 Å². The van der Waals surface area contributed by atoms with Crippen molar-refractivity contribution in [3.05, 3.63) is 33.8 Å². The fourth-order valence-electron chi connectivity index (χ4n) is 1.07. The molecule has 0 aromatic heterocycles. The lowest BCUT2D eigenvalue weighted by molar-refractivity contribution is -0.137. The van der Waals surface area contributed by atoms with Gasteiger partial charge in [-0.25, -0.2) is 0 Å². The van der Waals surface area contributed by atoms with Gasteiger partial charge >= 0.3 is 6.18 Å². The van der Waals surface area contributed by atoms with Crippen molar-refractivity contribution in [2.24, 2.45) is 0 Å². The lowest BCUT2D eigenvalue weighted by atomic mass is 10.1. The van der Waals surface area contributed by atoms with Crippen molar-refractivity contribution in [3.8, 4) is 0 Å². The van der Waals surface area contributed by atoms with E-state index in [9.17, 15) is 13.2 Å². The van der Waals surface area contributed by atoms with E-state index in [1.165, 1.54) is 6.07 Å². The van der Waals surface area contributed by atoms with Crippen molar-refractivity contribution in [2.75, 3.05) is 5.33 Å². The summed E-state index contributed by atoms with van der Waals surface area (Å²) in [5.74, 6) is 0. The van der Waals surface area contributed by atoms with Gasteiger partial charge in [-0.15, -0.1) is 0 Å². The van der Waals surface area contributed by atoms with Gasteiger partial charge in [0.25, 0.3) is 0 Å². The zero-order valence-electron chi connectivity index (χ0n) is 7.04. The first kappa shape index (κ1) is 12.0. The third-order valence-electron chi connectivity index (χ3n) is 1.67. The van der Waals surface area contributed by atoms with Gasteiger partial charge in [-0.05, 0) is 30.2 Å². The molecule has 0 atom stereocenters. The zero-order chi connectivity index (χ0) is 10.8. The van der Waals surface area contributed by atoms with Crippen molar-refractivity contribution in [3.63, 3.8) is 0 Å². The Morgan fingerprint density at radius 2 is 1.79 bits per heavy atom. The van der Waals surface area contributed by atoms with Crippen LogP contribution in [0.5, 0.6) is 0 Å². The van der Waals surface area contributed by atoms with Gasteiger partial charge in [-0.1, -0.05) is 31.9 Å². The van der Waals surface area contributed by atoms with Gasteiger partial charge in [0.05, 0.1) is 5.56 Å². The summed E-state index contributed by atoms with van der Waals surface area (Å²) in [4.78, 5) is 0. The standard InChI is InChI=1S/C9H7Br2F3/c10-2-1-6-3-7(9(12,13)14)5-8(11)4-6/h3-5H,1-2H2. The molecule has 0 aliphatic carbocycles. The van der Waals surface area contributed by atoms with E-state index in [4.69, 9.17) is 0 Å². The summed E-state index contributed by atoms with van der Waals surface area (Å²) in [7, 11) is 0. The monoisotopic (exact) mass is 330 g/mol. The molecule has 0 saturated heterocycles. The maximum Gasteiger partial charge on any atom is 0.416 e. The largest absolute Gasteiger partial charge is 0.416 e. The number of alkyl halides is 4. The van der Waals surface area contributed by atoms with Crippen LogP contribution in [0.15, 0.2) is 22.7 Å². The van der Waals surface area contributed by atoms with Crippen LogP contribution >= 0.6 is 31.9 Å². The summed E-state index contributed by atoms with van der Waals surface area (Å²) in [5.41, 5.74) is 0.0615. The van der Waals surface area contributed by atoms with Gasteiger partial charge in [-0.3, -0.25) is 0 Å². The molecule has 1 aromatic rings. The van der Waals surface area contributed by atoms with Crippen molar-refractivity contribution in [1.29, 1.82) is 0 Å². The number of aryl methyl sites for hydroxylation is 1. The van der Waals surface area contributed by atoms with Crippen LogP contribution in [0.1, 0.15) is 11.1 Å². The smallest absolute Gasteiger partial charge is 0.166 e. The molecule has 0 nitrogen and oxygen atoms in total. The molecule has 0 N–H and O–H groups in total. The van der Waals surface area contributed by atoms with Gasteiger partial charge < -0.3 is 0 Å². The molecule has 0 aliphatic rings. The Kier molecular flexibility index (Phi) is 4.01. The van der Waals surface area contributed by atoms with Gasteiger partial charge in [0.15, 0.2) is 0 Å². The van der Waals surface area contributed by atoms with E-state index in [0.717, 1.165) is 6.07 Å². The fraction of sp³-hybridized carbons (Fsp3) is 0.333. The molecule has 0 aliphatic heterocycles. The van der Waals surface area contributed by atoms with Crippen molar-refractivity contribution in [1.82, 2.24) is 0 Å². The minimum absolute atomic E-state index is 0.461. The lowest BCUT2D eigenvalue weighted by Gasteiger charge is -2.09. The molecule has 0 radical (unpaired) electrons. The quantitative estimate of drug-likeness (QED) is 0.704. The Balaban J connectivity index is 3.07. The number of halogens is 5. The zero-order valence-corrected chi connectivity index (χ0v) is 10.2. The second-order valence-corrected chi connectivity index (χ2v) is 4.49. The Morgan fingerprint density at radius 1 is 1.14 bits per heavy atom. The first-order valence-electron chi connectivity index (χ1n) is 3.86. The van der Waals surface area contributed by atoms with Crippen LogP contribution < -0.4 is 0 Å². The molecule has 0 heterocycles. The van der Waals surface area contributed by atoms with Gasteiger partial charge in [0.1, 0.15) is 0 Å². The normalized spacial score (nSPS) is 11.8. The number of hydrogen-bond acceptors (Lipinski definition) is 0. The van der Waals surface area contributed by atoms with E-state index in [2.05, 4.69) is 31.9 Å². The molecule has 0 unspecified atom stereocenters. The fourth-order valence-corrected chi connectivity index (χ4v) is 2.07. The molecule has 1 aromatic carbocycles. The molecule has 0 amide bonds. The lowest BCUT2D eigenvalue weighted by Crippen LogP contribution is -2.05. The molecule has 1 rings (SSSR count). The van der Waals surface area contributed by atoms with Crippen molar-refractivity contribution in [2.45, 2.75) is 12.6 Å². The highest BCUT2D eigenvalue weighted by Crippen LogP contribution is 2.32. The van der Waals surface area contributed by atoms with Crippen molar-refractivity contribution < 1.29 is 13.2 Å². The van der Waals surface area contributed by atoms with E-state index in [0.29, 0.717) is 21.8 Å². The second kappa shape index (κ2) is 4.66. The maximum absolute atomic E-state index is 12.4. The first-order chi connectivity index (χ1) is 6.43. The third-order valence-corrected chi connectivity index (χ3v) is 2.52. The molecule has 78 valence electrons. The predicted octanol–water partition coefficient (Wildman–Crippen LogP) is 4.41. The Morgan fingerprint density at radius 3 is 2.29 bits per heavy atom. The number of benzene rings is 1. The summed E-state index contributed by atoms with van der Waals surface area (Å²) in [6, 6.07) is 3.94. The summed E-state index contributed by atoms with van der Waals surface area (Å²) in [6.45, 7) is 0. The molecular formula is C9H7Br2F3. The summed E-state index contributed by atoms with van der Waals surface area (Å²) < 4.78 is 37.5. The van der Waals surface area contributed by atoms with Crippen LogP contribution in [0, 0.1) is 0 Å².